The van der Waals surface area contributed by atoms with Crippen LogP contribution in [0.25, 0.3) is 0 Å². The summed E-state index contributed by atoms with van der Waals surface area (Å²) < 4.78 is 5.87. The summed E-state index contributed by atoms with van der Waals surface area (Å²) in [5.41, 5.74) is 2.58. The van der Waals surface area contributed by atoms with Crippen molar-refractivity contribution in [2.75, 3.05) is 25.1 Å². The molecule has 1 aliphatic carbocycles. The minimum Gasteiger partial charge on any atom is -0.375 e. The van der Waals surface area contributed by atoms with Gasteiger partial charge in [-0.25, -0.2) is 4.79 Å². The largest absolute Gasteiger partial charge is 0.375 e. The van der Waals surface area contributed by atoms with Crippen molar-refractivity contribution in [2.24, 2.45) is 5.41 Å². The average Bonchev–Trinajstić information content (AvgIpc) is 2.88. The van der Waals surface area contributed by atoms with E-state index >= 15 is 0 Å². The third kappa shape index (κ3) is 4.09. The molecule has 1 spiro atoms. The van der Waals surface area contributed by atoms with Gasteiger partial charge < -0.3 is 20.3 Å². The van der Waals surface area contributed by atoms with Gasteiger partial charge in [-0.05, 0) is 51.7 Å². The Balaban J connectivity index is 1.46. The van der Waals surface area contributed by atoms with E-state index in [9.17, 15) is 4.79 Å². The van der Waals surface area contributed by atoms with Crippen molar-refractivity contribution in [1.29, 1.82) is 0 Å². The maximum Gasteiger partial charge on any atom is 0.315 e. The van der Waals surface area contributed by atoms with Crippen LogP contribution in [0, 0.1) is 5.41 Å². The van der Waals surface area contributed by atoms with Gasteiger partial charge in [-0.1, -0.05) is 18.2 Å². The van der Waals surface area contributed by atoms with Crippen molar-refractivity contribution in [3.8, 4) is 0 Å². The van der Waals surface area contributed by atoms with Crippen LogP contribution in [0.4, 0.5) is 10.5 Å². The number of urea groups is 1. The highest BCUT2D eigenvalue weighted by Crippen LogP contribution is 2.52. The fraction of sp³-hybridized carbons (Fsp3) is 0.650. The first-order valence-corrected chi connectivity index (χ1v) is 9.30. The number of benzene rings is 1. The average molecular weight is 345 g/mol. The molecule has 0 bridgehead atoms. The summed E-state index contributed by atoms with van der Waals surface area (Å²) in [5, 5.41) is 6.11. The number of nitrogens with one attached hydrogen (secondary N) is 2. The minimum atomic E-state index is -0.0769. The van der Waals surface area contributed by atoms with Crippen LogP contribution in [0.15, 0.2) is 24.3 Å². The second kappa shape index (κ2) is 6.87. The van der Waals surface area contributed by atoms with Crippen LogP contribution in [-0.4, -0.2) is 37.9 Å². The van der Waals surface area contributed by atoms with Crippen molar-refractivity contribution >= 4 is 11.7 Å². The normalized spacial score (nSPS) is 27.0. The van der Waals surface area contributed by atoms with Gasteiger partial charge in [0.25, 0.3) is 0 Å². The van der Waals surface area contributed by atoms with E-state index in [0.29, 0.717) is 6.54 Å². The van der Waals surface area contributed by atoms with E-state index in [4.69, 9.17) is 4.74 Å². The van der Waals surface area contributed by atoms with Crippen molar-refractivity contribution in [2.45, 2.75) is 58.2 Å². The SMILES string of the molecule is CCN(C)c1ccccc1CNC(=O)NC1CC2(COC(C)(C)C2)C1. The number of hydrogen-bond donors (Lipinski definition) is 2. The number of anilines is 1. The van der Waals surface area contributed by atoms with Crippen LogP contribution >= 0.6 is 0 Å². The van der Waals surface area contributed by atoms with E-state index in [0.717, 1.165) is 38.0 Å². The number of amides is 2. The van der Waals surface area contributed by atoms with Gasteiger partial charge in [0, 0.05) is 37.3 Å². The van der Waals surface area contributed by atoms with E-state index in [1.165, 1.54) is 5.69 Å². The molecular weight excluding hydrogens is 314 g/mol. The van der Waals surface area contributed by atoms with Crippen LogP contribution in [0.2, 0.25) is 0 Å². The van der Waals surface area contributed by atoms with Crippen LogP contribution in [-0.2, 0) is 11.3 Å². The van der Waals surface area contributed by atoms with E-state index in [2.05, 4.69) is 55.5 Å². The van der Waals surface area contributed by atoms with Crippen molar-refractivity contribution in [3.05, 3.63) is 29.8 Å². The molecular formula is C20H31N3O2. The predicted molar refractivity (Wildman–Crippen MR) is 101 cm³/mol. The third-order valence-electron chi connectivity index (χ3n) is 5.58. The number of carbonyl (C=O) groups is 1. The Morgan fingerprint density at radius 3 is 2.68 bits per heavy atom. The van der Waals surface area contributed by atoms with Crippen LogP contribution in [0.3, 0.4) is 0 Å². The molecule has 2 amide bonds. The fourth-order valence-corrected chi connectivity index (χ4v) is 4.32. The molecule has 0 unspecified atom stereocenters. The Bertz CT molecular complexity index is 623. The molecule has 2 aliphatic rings. The second-order valence-corrected chi connectivity index (χ2v) is 8.30. The first kappa shape index (κ1) is 18.1. The lowest BCUT2D eigenvalue weighted by Gasteiger charge is -2.44. The number of hydrogen-bond acceptors (Lipinski definition) is 3. The van der Waals surface area contributed by atoms with Gasteiger partial charge in [-0.3, -0.25) is 0 Å². The molecule has 1 heterocycles. The fourth-order valence-electron chi connectivity index (χ4n) is 4.32. The minimum absolute atomic E-state index is 0.0117. The highest BCUT2D eigenvalue weighted by molar-refractivity contribution is 5.74. The van der Waals surface area contributed by atoms with Gasteiger partial charge >= 0.3 is 6.03 Å². The van der Waals surface area contributed by atoms with E-state index < -0.39 is 0 Å². The van der Waals surface area contributed by atoms with E-state index in [1.807, 2.05) is 12.1 Å². The molecule has 1 aliphatic heterocycles. The van der Waals surface area contributed by atoms with Crippen molar-refractivity contribution in [3.63, 3.8) is 0 Å². The Hall–Kier alpha value is -1.75. The molecule has 138 valence electrons. The molecule has 1 saturated heterocycles. The molecule has 25 heavy (non-hydrogen) atoms. The Morgan fingerprint density at radius 1 is 1.32 bits per heavy atom. The lowest BCUT2D eigenvalue weighted by atomic mass is 9.63. The van der Waals surface area contributed by atoms with E-state index in [-0.39, 0.29) is 23.1 Å². The summed E-state index contributed by atoms with van der Waals surface area (Å²) in [6.45, 7) is 8.74. The first-order chi connectivity index (χ1) is 11.8. The van der Waals surface area contributed by atoms with Gasteiger partial charge in [0.1, 0.15) is 0 Å². The lowest BCUT2D eigenvalue weighted by molar-refractivity contribution is 0.0188. The zero-order valence-electron chi connectivity index (χ0n) is 15.9. The highest BCUT2D eigenvalue weighted by atomic mass is 16.5. The molecule has 1 aromatic carbocycles. The molecule has 0 radical (unpaired) electrons. The molecule has 1 saturated carbocycles. The molecule has 2 fully saturated rings. The van der Waals surface area contributed by atoms with Gasteiger partial charge in [-0.15, -0.1) is 0 Å². The van der Waals surface area contributed by atoms with Gasteiger partial charge in [0.15, 0.2) is 0 Å². The summed E-state index contributed by atoms with van der Waals surface area (Å²) in [6, 6.07) is 8.40. The molecule has 0 aromatic heterocycles. The predicted octanol–water partition coefficient (Wildman–Crippen LogP) is 3.29. The van der Waals surface area contributed by atoms with Crippen LogP contribution in [0.1, 0.15) is 45.6 Å². The Labute approximate surface area is 151 Å². The molecule has 2 N–H and O–H groups in total. The van der Waals surface area contributed by atoms with Gasteiger partial charge in [-0.2, -0.15) is 0 Å². The molecule has 0 atom stereocenters. The number of para-hydroxylation sites is 1. The van der Waals surface area contributed by atoms with Crippen LogP contribution in [0.5, 0.6) is 0 Å². The standard InChI is InChI=1S/C20H31N3O2/c1-5-23(4)17-9-7-6-8-15(17)12-21-18(24)22-16-10-20(11-16)13-19(2,3)25-14-20/h6-9,16H,5,10-14H2,1-4H3,(H2,21,22,24). The zero-order chi connectivity index (χ0) is 18.1. The summed E-state index contributed by atoms with van der Waals surface area (Å²) in [5.74, 6) is 0. The van der Waals surface area contributed by atoms with E-state index in [1.54, 1.807) is 0 Å². The molecule has 1 aromatic rings. The van der Waals surface area contributed by atoms with Crippen LogP contribution < -0.4 is 15.5 Å². The number of carbonyl (C=O) groups excluding carboxylic acids is 1. The number of nitrogens with zero attached hydrogens (tertiary/aromatic N) is 1. The summed E-state index contributed by atoms with van der Waals surface area (Å²) in [4.78, 5) is 14.4. The monoisotopic (exact) mass is 345 g/mol. The maximum atomic E-state index is 12.2. The van der Waals surface area contributed by atoms with Gasteiger partial charge in [0.05, 0.1) is 12.2 Å². The Kier molecular flexibility index (Phi) is 4.96. The first-order valence-electron chi connectivity index (χ1n) is 9.30. The number of rotatable bonds is 5. The molecule has 5 nitrogen and oxygen atoms in total. The lowest BCUT2D eigenvalue weighted by Crippen LogP contribution is -2.53. The number of ether oxygens (including phenoxy) is 1. The Morgan fingerprint density at radius 2 is 2.04 bits per heavy atom. The summed E-state index contributed by atoms with van der Waals surface area (Å²) in [6.07, 6.45) is 3.15. The highest BCUT2D eigenvalue weighted by Gasteiger charge is 2.52. The summed E-state index contributed by atoms with van der Waals surface area (Å²) >= 11 is 0. The quantitative estimate of drug-likeness (QED) is 0.861. The zero-order valence-corrected chi connectivity index (χ0v) is 15.9. The second-order valence-electron chi connectivity index (χ2n) is 8.30. The third-order valence-corrected chi connectivity index (χ3v) is 5.58. The molecule has 3 rings (SSSR count). The van der Waals surface area contributed by atoms with Crippen molar-refractivity contribution < 1.29 is 9.53 Å². The smallest absolute Gasteiger partial charge is 0.315 e. The van der Waals surface area contributed by atoms with Gasteiger partial charge in [0.2, 0.25) is 0 Å². The topological polar surface area (TPSA) is 53.6 Å². The maximum absolute atomic E-state index is 12.2. The molecule has 5 heteroatoms. The summed E-state index contributed by atoms with van der Waals surface area (Å²) in [7, 11) is 2.07. The van der Waals surface area contributed by atoms with Crippen molar-refractivity contribution in [1.82, 2.24) is 10.6 Å².